The number of nitrogens with two attached hydrogens (primary N) is 1. The van der Waals surface area contributed by atoms with Gasteiger partial charge in [0.25, 0.3) is 0 Å². The molecule has 4 N–H and O–H groups in total. The van der Waals surface area contributed by atoms with Crippen molar-refractivity contribution in [1.29, 1.82) is 5.41 Å². The highest BCUT2D eigenvalue weighted by Gasteiger charge is 1.98. The Kier molecular flexibility index (Phi) is 4.16. The molecule has 0 saturated carbocycles. The van der Waals surface area contributed by atoms with E-state index in [2.05, 4.69) is 43.4 Å². The predicted octanol–water partition coefficient (Wildman–Crippen LogP) is 1.87. The number of guanidine groups is 1. The lowest BCUT2D eigenvalue weighted by Crippen LogP contribution is -2.29. The molecule has 0 aliphatic carbocycles. The summed E-state index contributed by atoms with van der Waals surface area (Å²) < 4.78 is 0. The minimum absolute atomic E-state index is 0.0151. The maximum absolute atomic E-state index is 7.04. The molecule has 0 unspecified atom stereocenters. The Hall–Kier alpha value is -1.51. The zero-order valence-corrected chi connectivity index (χ0v) is 9.38. The quantitative estimate of drug-likeness (QED) is 0.519. The van der Waals surface area contributed by atoms with Crippen LogP contribution in [0.1, 0.15) is 25.0 Å². The smallest absolute Gasteiger partial charge is 0.185 e. The van der Waals surface area contributed by atoms with E-state index in [0.29, 0.717) is 12.5 Å². The summed E-state index contributed by atoms with van der Waals surface area (Å²) in [5.41, 5.74) is 7.72. The van der Waals surface area contributed by atoms with Gasteiger partial charge in [-0.25, -0.2) is 0 Å². The molecule has 15 heavy (non-hydrogen) atoms. The van der Waals surface area contributed by atoms with Gasteiger partial charge in [-0.05, 0) is 23.5 Å². The summed E-state index contributed by atoms with van der Waals surface area (Å²) >= 11 is 0. The van der Waals surface area contributed by atoms with Crippen LogP contribution in [0, 0.1) is 11.3 Å². The van der Waals surface area contributed by atoms with Crippen molar-refractivity contribution in [3.63, 3.8) is 0 Å². The van der Waals surface area contributed by atoms with Gasteiger partial charge in [-0.15, -0.1) is 0 Å². The Morgan fingerprint density at radius 1 is 1.27 bits per heavy atom. The molecule has 0 spiro atoms. The van der Waals surface area contributed by atoms with Gasteiger partial charge in [0.1, 0.15) is 0 Å². The van der Waals surface area contributed by atoms with Crippen LogP contribution in [0.2, 0.25) is 0 Å². The molecule has 0 aromatic heterocycles. The molecule has 0 heterocycles. The Bertz CT molecular complexity index is 314. The molecular weight excluding hydrogens is 186 g/mol. The van der Waals surface area contributed by atoms with Gasteiger partial charge < -0.3 is 11.1 Å². The largest absolute Gasteiger partial charge is 0.370 e. The third kappa shape index (κ3) is 4.49. The second-order valence-corrected chi connectivity index (χ2v) is 4.18. The molecule has 3 heteroatoms. The van der Waals surface area contributed by atoms with E-state index in [4.69, 9.17) is 11.1 Å². The summed E-state index contributed by atoms with van der Waals surface area (Å²) in [6.45, 7) is 5.05. The Labute approximate surface area is 91.2 Å². The summed E-state index contributed by atoms with van der Waals surface area (Å²) in [6, 6.07) is 8.43. The molecule has 3 nitrogen and oxygen atoms in total. The zero-order chi connectivity index (χ0) is 11.3. The molecule has 0 amide bonds. The number of benzene rings is 1. The fourth-order valence-corrected chi connectivity index (χ4v) is 1.46. The molecule has 1 rings (SSSR count). The van der Waals surface area contributed by atoms with Crippen molar-refractivity contribution in [2.24, 2.45) is 11.7 Å². The van der Waals surface area contributed by atoms with Crippen LogP contribution in [0.5, 0.6) is 0 Å². The van der Waals surface area contributed by atoms with Crippen molar-refractivity contribution in [2.45, 2.75) is 26.8 Å². The van der Waals surface area contributed by atoms with Gasteiger partial charge >= 0.3 is 0 Å². The molecule has 82 valence electrons. The highest BCUT2D eigenvalue weighted by atomic mass is 15.0. The summed E-state index contributed by atoms with van der Waals surface area (Å²) in [7, 11) is 0. The van der Waals surface area contributed by atoms with Gasteiger partial charge in [0.2, 0.25) is 0 Å². The SMILES string of the molecule is CC(C)Cc1ccc(CNC(=N)N)cc1. The minimum atomic E-state index is 0.0151. The Morgan fingerprint density at radius 3 is 2.27 bits per heavy atom. The van der Waals surface area contributed by atoms with Crippen molar-refractivity contribution in [2.75, 3.05) is 0 Å². The first-order chi connectivity index (χ1) is 7.08. The van der Waals surface area contributed by atoms with Crippen molar-refractivity contribution in [1.82, 2.24) is 5.32 Å². The standard InChI is InChI=1S/C12H19N3/c1-9(2)7-10-3-5-11(6-4-10)8-15-12(13)14/h3-6,9H,7-8H2,1-2H3,(H4,13,14,15). The Morgan fingerprint density at radius 2 is 1.80 bits per heavy atom. The third-order valence-electron chi connectivity index (χ3n) is 2.15. The molecular formula is C12H19N3. The minimum Gasteiger partial charge on any atom is -0.370 e. The fraction of sp³-hybridized carbons (Fsp3) is 0.417. The van der Waals surface area contributed by atoms with Crippen molar-refractivity contribution < 1.29 is 0 Å². The number of rotatable bonds is 4. The summed E-state index contributed by atoms with van der Waals surface area (Å²) in [4.78, 5) is 0. The van der Waals surface area contributed by atoms with E-state index in [1.165, 1.54) is 5.56 Å². The van der Waals surface area contributed by atoms with Crippen LogP contribution in [0.25, 0.3) is 0 Å². The van der Waals surface area contributed by atoms with Crippen molar-refractivity contribution in [3.8, 4) is 0 Å². The molecule has 0 fully saturated rings. The summed E-state index contributed by atoms with van der Waals surface area (Å²) in [5.74, 6) is 0.701. The van der Waals surface area contributed by atoms with Crippen LogP contribution >= 0.6 is 0 Å². The van der Waals surface area contributed by atoms with E-state index in [9.17, 15) is 0 Å². The van der Waals surface area contributed by atoms with Gasteiger partial charge in [0, 0.05) is 6.54 Å². The first-order valence-corrected chi connectivity index (χ1v) is 5.23. The van der Waals surface area contributed by atoms with Gasteiger partial charge in [-0.2, -0.15) is 0 Å². The zero-order valence-electron chi connectivity index (χ0n) is 9.38. The maximum Gasteiger partial charge on any atom is 0.185 e. The van der Waals surface area contributed by atoms with E-state index in [1.807, 2.05) is 0 Å². The molecule has 0 aliphatic heterocycles. The normalized spacial score (nSPS) is 10.3. The lowest BCUT2D eigenvalue weighted by Gasteiger charge is -2.07. The molecule has 0 aliphatic rings. The molecule has 0 bridgehead atoms. The van der Waals surface area contributed by atoms with E-state index < -0.39 is 0 Å². The Balaban J connectivity index is 2.52. The third-order valence-corrected chi connectivity index (χ3v) is 2.15. The number of hydrogen-bond acceptors (Lipinski definition) is 1. The average Bonchev–Trinajstić information content (AvgIpc) is 2.16. The monoisotopic (exact) mass is 205 g/mol. The van der Waals surface area contributed by atoms with Gasteiger partial charge in [0.05, 0.1) is 0 Å². The van der Waals surface area contributed by atoms with Crippen LogP contribution < -0.4 is 11.1 Å². The summed E-state index contributed by atoms with van der Waals surface area (Å²) in [5, 5.41) is 9.83. The van der Waals surface area contributed by atoms with E-state index in [-0.39, 0.29) is 5.96 Å². The van der Waals surface area contributed by atoms with E-state index in [0.717, 1.165) is 12.0 Å². The van der Waals surface area contributed by atoms with Gasteiger partial charge in [0.15, 0.2) is 5.96 Å². The topological polar surface area (TPSA) is 61.9 Å². The van der Waals surface area contributed by atoms with E-state index >= 15 is 0 Å². The van der Waals surface area contributed by atoms with Crippen LogP contribution in [0.4, 0.5) is 0 Å². The highest BCUT2D eigenvalue weighted by Crippen LogP contribution is 2.09. The molecule has 0 radical (unpaired) electrons. The lowest BCUT2D eigenvalue weighted by molar-refractivity contribution is 0.647. The average molecular weight is 205 g/mol. The maximum atomic E-state index is 7.04. The van der Waals surface area contributed by atoms with Crippen molar-refractivity contribution >= 4 is 5.96 Å². The van der Waals surface area contributed by atoms with E-state index in [1.54, 1.807) is 0 Å². The second kappa shape index (κ2) is 5.39. The predicted molar refractivity (Wildman–Crippen MR) is 63.7 cm³/mol. The van der Waals surface area contributed by atoms with Crippen molar-refractivity contribution in [3.05, 3.63) is 35.4 Å². The molecule has 0 saturated heterocycles. The van der Waals surface area contributed by atoms with Crippen LogP contribution in [0.15, 0.2) is 24.3 Å². The summed E-state index contributed by atoms with van der Waals surface area (Å²) in [6.07, 6.45) is 1.11. The lowest BCUT2D eigenvalue weighted by atomic mass is 10.0. The van der Waals surface area contributed by atoms with Crippen LogP contribution in [-0.4, -0.2) is 5.96 Å². The fourth-order valence-electron chi connectivity index (χ4n) is 1.46. The first-order valence-electron chi connectivity index (χ1n) is 5.23. The highest BCUT2D eigenvalue weighted by molar-refractivity contribution is 5.74. The molecule has 1 aromatic carbocycles. The van der Waals surface area contributed by atoms with Gasteiger partial charge in [-0.1, -0.05) is 38.1 Å². The van der Waals surface area contributed by atoms with Gasteiger partial charge in [-0.3, -0.25) is 5.41 Å². The first kappa shape index (κ1) is 11.6. The number of nitrogens with one attached hydrogen (secondary N) is 2. The van der Waals surface area contributed by atoms with Crippen LogP contribution in [0.3, 0.4) is 0 Å². The molecule has 1 aromatic rings. The second-order valence-electron chi connectivity index (χ2n) is 4.18. The van der Waals surface area contributed by atoms with Crippen LogP contribution in [-0.2, 0) is 13.0 Å². The molecule has 0 atom stereocenters. The number of hydrogen-bond donors (Lipinski definition) is 3.